The van der Waals surface area contributed by atoms with Gasteiger partial charge in [0.1, 0.15) is 5.41 Å². The van der Waals surface area contributed by atoms with Crippen molar-refractivity contribution in [1.29, 1.82) is 0 Å². The van der Waals surface area contributed by atoms with Gasteiger partial charge in [0.2, 0.25) is 5.91 Å². The van der Waals surface area contributed by atoms with Crippen molar-refractivity contribution >= 4 is 23.2 Å². The summed E-state index contributed by atoms with van der Waals surface area (Å²) in [4.78, 5) is 17.5. The Labute approximate surface area is 145 Å². The van der Waals surface area contributed by atoms with Crippen LogP contribution in [-0.4, -0.2) is 10.9 Å². The fourth-order valence-corrected chi connectivity index (χ4v) is 3.56. The van der Waals surface area contributed by atoms with Gasteiger partial charge >= 0.3 is 0 Å². The Balaban J connectivity index is 1.96. The van der Waals surface area contributed by atoms with Crippen LogP contribution in [0.2, 0.25) is 5.02 Å². The van der Waals surface area contributed by atoms with Crippen molar-refractivity contribution in [2.75, 3.05) is 5.32 Å². The van der Waals surface area contributed by atoms with Crippen LogP contribution in [0.15, 0.2) is 72.9 Å². The van der Waals surface area contributed by atoms with E-state index < -0.39 is 5.41 Å². The lowest BCUT2D eigenvalue weighted by Gasteiger charge is -2.28. The first-order chi connectivity index (χ1) is 11.7. The molecule has 2 aromatic carbocycles. The average Bonchev–Trinajstić information content (AvgIpc) is 2.89. The number of nitrogens with zero attached hydrogens (tertiary/aromatic N) is 1. The Hall–Kier alpha value is -2.65. The summed E-state index contributed by atoms with van der Waals surface area (Å²) in [5.74, 6) is -0.0448. The second kappa shape index (κ2) is 5.77. The molecule has 2 heterocycles. The van der Waals surface area contributed by atoms with Crippen LogP contribution in [0.25, 0.3) is 0 Å². The van der Waals surface area contributed by atoms with Crippen molar-refractivity contribution in [2.24, 2.45) is 0 Å². The number of aromatic nitrogens is 1. The highest BCUT2D eigenvalue weighted by molar-refractivity contribution is 6.31. The molecule has 0 bridgehead atoms. The molecule has 0 fully saturated rings. The van der Waals surface area contributed by atoms with Crippen LogP contribution in [0.1, 0.15) is 16.8 Å². The Morgan fingerprint density at radius 1 is 1.00 bits per heavy atom. The molecule has 3 aromatic rings. The summed E-state index contributed by atoms with van der Waals surface area (Å²) < 4.78 is 0. The minimum absolute atomic E-state index is 0.0448. The molecule has 4 rings (SSSR count). The number of benzene rings is 2. The summed E-state index contributed by atoms with van der Waals surface area (Å²) in [6, 6.07) is 21.1. The number of hydrogen-bond donors (Lipinski definition) is 1. The molecule has 0 aliphatic carbocycles. The third-order valence-electron chi connectivity index (χ3n) is 4.52. The summed E-state index contributed by atoms with van der Waals surface area (Å²) in [6.07, 6.45) is 2.23. The zero-order valence-corrected chi connectivity index (χ0v) is 13.6. The molecule has 3 nitrogen and oxygen atoms in total. The van der Waals surface area contributed by atoms with E-state index in [1.807, 2.05) is 60.7 Å². The van der Waals surface area contributed by atoms with Crippen molar-refractivity contribution < 1.29 is 4.79 Å². The minimum Gasteiger partial charge on any atom is -0.325 e. The van der Waals surface area contributed by atoms with E-state index in [9.17, 15) is 4.79 Å². The summed E-state index contributed by atoms with van der Waals surface area (Å²) in [5.41, 5.74) is 2.69. The van der Waals surface area contributed by atoms with Crippen LogP contribution >= 0.6 is 11.6 Å². The van der Waals surface area contributed by atoms with Crippen LogP contribution in [-0.2, 0) is 16.6 Å². The SMILES string of the molecule is O=C1Nc2ccc(Cl)cc2C1(Cc1ccccn1)c1ccccc1. The molecular weight excluding hydrogens is 320 g/mol. The van der Waals surface area contributed by atoms with Crippen LogP contribution in [0.3, 0.4) is 0 Å². The second-order valence-electron chi connectivity index (χ2n) is 5.91. The number of carbonyl (C=O) groups excluding carboxylic acids is 1. The highest BCUT2D eigenvalue weighted by Crippen LogP contribution is 2.45. The summed E-state index contributed by atoms with van der Waals surface area (Å²) >= 11 is 6.23. The van der Waals surface area contributed by atoms with E-state index in [-0.39, 0.29) is 5.91 Å². The highest BCUT2D eigenvalue weighted by atomic mass is 35.5. The lowest BCUT2D eigenvalue weighted by Crippen LogP contribution is -2.38. The third kappa shape index (κ3) is 2.29. The van der Waals surface area contributed by atoms with Gasteiger partial charge in [0.25, 0.3) is 0 Å². The fraction of sp³-hybridized carbons (Fsp3) is 0.100. The van der Waals surface area contributed by atoms with E-state index in [4.69, 9.17) is 11.6 Å². The number of rotatable bonds is 3. The molecular formula is C20H15ClN2O. The standard InChI is InChI=1S/C20H15ClN2O/c21-15-9-10-18-17(12-15)20(19(24)23-18,14-6-2-1-3-7-14)13-16-8-4-5-11-22-16/h1-12H,13H2,(H,23,24). The quantitative estimate of drug-likeness (QED) is 0.779. The number of fused-ring (bicyclic) bond motifs is 1. The smallest absolute Gasteiger partial charge is 0.239 e. The van der Waals surface area contributed by atoms with Crippen molar-refractivity contribution in [3.8, 4) is 0 Å². The normalized spacial score (nSPS) is 19.0. The number of nitrogens with one attached hydrogen (secondary N) is 1. The first-order valence-corrected chi connectivity index (χ1v) is 8.15. The molecule has 1 aromatic heterocycles. The van der Waals surface area contributed by atoms with Gasteiger partial charge in [-0.1, -0.05) is 48.0 Å². The zero-order chi connectivity index (χ0) is 16.6. The fourth-order valence-electron chi connectivity index (χ4n) is 3.39. The summed E-state index contributed by atoms with van der Waals surface area (Å²) in [5, 5.41) is 3.63. The first kappa shape index (κ1) is 14.9. The zero-order valence-electron chi connectivity index (χ0n) is 12.9. The van der Waals surface area contributed by atoms with Gasteiger partial charge in [-0.05, 0) is 41.5 Å². The number of anilines is 1. The van der Waals surface area contributed by atoms with E-state index >= 15 is 0 Å². The maximum Gasteiger partial charge on any atom is 0.239 e. The molecule has 0 radical (unpaired) electrons. The molecule has 0 saturated heterocycles. The minimum atomic E-state index is -0.824. The molecule has 1 aliphatic rings. The van der Waals surface area contributed by atoms with E-state index in [0.717, 1.165) is 22.5 Å². The molecule has 4 heteroatoms. The largest absolute Gasteiger partial charge is 0.325 e. The monoisotopic (exact) mass is 334 g/mol. The van der Waals surface area contributed by atoms with Crippen LogP contribution in [0.5, 0.6) is 0 Å². The van der Waals surface area contributed by atoms with E-state index in [0.29, 0.717) is 11.4 Å². The summed E-state index contributed by atoms with van der Waals surface area (Å²) in [6.45, 7) is 0. The molecule has 1 atom stereocenters. The van der Waals surface area contributed by atoms with Crippen LogP contribution in [0, 0.1) is 0 Å². The first-order valence-electron chi connectivity index (χ1n) is 7.77. The van der Waals surface area contributed by atoms with Gasteiger partial charge in [0, 0.05) is 29.0 Å². The molecule has 0 spiro atoms. The Morgan fingerprint density at radius 2 is 1.79 bits per heavy atom. The van der Waals surface area contributed by atoms with Crippen molar-refractivity contribution in [2.45, 2.75) is 11.8 Å². The molecule has 118 valence electrons. The third-order valence-corrected chi connectivity index (χ3v) is 4.75. The predicted molar refractivity (Wildman–Crippen MR) is 95.2 cm³/mol. The Bertz CT molecular complexity index is 896. The van der Waals surface area contributed by atoms with Crippen molar-refractivity contribution in [3.05, 3.63) is 94.8 Å². The molecule has 0 saturated carbocycles. The Morgan fingerprint density at radius 3 is 2.54 bits per heavy atom. The van der Waals surface area contributed by atoms with Gasteiger partial charge in [-0.2, -0.15) is 0 Å². The van der Waals surface area contributed by atoms with Gasteiger partial charge in [0.05, 0.1) is 0 Å². The number of pyridine rings is 1. The molecule has 1 aliphatic heterocycles. The van der Waals surface area contributed by atoms with Gasteiger partial charge in [-0.15, -0.1) is 0 Å². The molecule has 1 unspecified atom stereocenters. The maximum absolute atomic E-state index is 13.1. The molecule has 1 N–H and O–H groups in total. The van der Waals surface area contributed by atoms with Gasteiger partial charge < -0.3 is 5.32 Å². The van der Waals surface area contributed by atoms with Crippen molar-refractivity contribution in [3.63, 3.8) is 0 Å². The molecule has 24 heavy (non-hydrogen) atoms. The van der Waals surface area contributed by atoms with Gasteiger partial charge in [0.15, 0.2) is 0 Å². The van der Waals surface area contributed by atoms with Crippen LogP contribution < -0.4 is 5.32 Å². The Kier molecular flexibility index (Phi) is 3.58. The van der Waals surface area contributed by atoms with Crippen LogP contribution in [0.4, 0.5) is 5.69 Å². The highest BCUT2D eigenvalue weighted by Gasteiger charge is 2.48. The topological polar surface area (TPSA) is 42.0 Å². The van der Waals surface area contributed by atoms with E-state index in [1.54, 1.807) is 12.3 Å². The lowest BCUT2D eigenvalue weighted by atomic mass is 9.72. The number of amides is 1. The second-order valence-corrected chi connectivity index (χ2v) is 6.35. The predicted octanol–water partition coefficient (Wildman–Crippen LogP) is 4.22. The van der Waals surface area contributed by atoms with Crippen molar-refractivity contribution in [1.82, 2.24) is 4.98 Å². The maximum atomic E-state index is 13.1. The average molecular weight is 335 g/mol. The number of carbonyl (C=O) groups is 1. The number of hydrogen-bond acceptors (Lipinski definition) is 2. The summed E-state index contributed by atoms with van der Waals surface area (Å²) in [7, 11) is 0. The van der Waals surface area contributed by atoms with Gasteiger partial charge in [-0.25, -0.2) is 0 Å². The van der Waals surface area contributed by atoms with Gasteiger partial charge in [-0.3, -0.25) is 9.78 Å². The molecule has 1 amide bonds. The van der Waals surface area contributed by atoms with E-state index in [1.165, 1.54) is 0 Å². The number of halogens is 1. The lowest BCUT2D eigenvalue weighted by molar-refractivity contribution is -0.119. The van der Waals surface area contributed by atoms with E-state index in [2.05, 4.69) is 10.3 Å².